The fraction of sp³-hybridized carbons (Fsp3) is 0. The second kappa shape index (κ2) is 5.21. The summed E-state index contributed by atoms with van der Waals surface area (Å²) in [4.78, 5) is 0. The van der Waals surface area contributed by atoms with E-state index in [1.165, 1.54) is 0 Å². The van der Waals surface area contributed by atoms with Crippen molar-refractivity contribution < 1.29 is 0 Å². The van der Waals surface area contributed by atoms with Crippen molar-refractivity contribution in [1.29, 1.82) is 0 Å². The highest BCUT2D eigenvalue weighted by Crippen LogP contribution is 2.34. The first-order valence-corrected chi connectivity index (χ1v) is 6.75. The average molecular weight is 275 g/mol. The smallest absolute Gasteiger partial charge is 0.0320 e. The average Bonchev–Trinajstić information content (AvgIpc) is 2.48. The number of nitrogen functional groups attached to an aromatic ring is 3. The van der Waals surface area contributed by atoms with E-state index in [4.69, 9.17) is 17.2 Å². The molecule has 3 aromatic rings. The van der Waals surface area contributed by atoms with Crippen LogP contribution in [0.1, 0.15) is 0 Å². The predicted octanol–water partition coefficient (Wildman–Crippen LogP) is 3.77. The Morgan fingerprint density at radius 2 is 1.14 bits per heavy atom. The predicted molar refractivity (Wildman–Crippen MR) is 90.6 cm³/mol. The van der Waals surface area contributed by atoms with Crippen LogP contribution in [0.4, 0.5) is 17.1 Å². The van der Waals surface area contributed by atoms with Crippen molar-refractivity contribution in [2.24, 2.45) is 0 Å². The Hall–Kier alpha value is -2.94. The minimum atomic E-state index is 0.728. The highest BCUT2D eigenvalue weighted by Gasteiger charge is 2.08. The van der Waals surface area contributed by atoms with Crippen LogP contribution >= 0.6 is 0 Å². The number of nitrogens with two attached hydrogens (primary N) is 3. The second-order valence-corrected chi connectivity index (χ2v) is 5.05. The molecular weight excluding hydrogens is 258 g/mol. The van der Waals surface area contributed by atoms with Crippen LogP contribution in [0.3, 0.4) is 0 Å². The van der Waals surface area contributed by atoms with E-state index in [1.807, 2.05) is 66.7 Å². The summed E-state index contributed by atoms with van der Waals surface area (Å²) >= 11 is 0. The quantitative estimate of drug-likeness (QED) is 0.623. The van der Waals surface area contributed by atoms with Gasteiger partial charge in [-0.2, -0.15) is 0 Å². The molecule has 3 nitrogen and oxygen atoms in total. The first-order valence-electron chi connectivity index (χ1n) is 6.75. The molecule has 0 radical (unpaired) electrons. The lowest BCUT2D eigenvalue weighted by molar-refractivity contribution is 1.57. The van der Waals surface area contributed by atoms with Gasteiger partial charge in [0, 0.05) is 17.1 Å². The lowest BCUT2D eigenvalue weighted by Crippen LogP contribution is -1.92. The van der Waals surface area contributed by atoms with E-state index in [1.54, 1.807) is 0 Å². The molecule has 3 aromatic carbocycles. The van der Waals surface area contributed by atoms with E-state index < -0.39 is 0 Å². The summed E-state index contributed by atoms with van der Waals surface area (Å²) in [6, 6.07) is 21.5. The van der Waals surface area contributed by atoms with Crippen LogP contribution in [0.15, 0.2) is 66.7 Å². The monoisotopic (exact) mass is 275 g/mol. The number of rotatable bonds is 2. The zero-order valence-electron chi connectivity index (χ0n) is 11.6. The lowest BCUT2D eigenvalue weighted by Gasteiger charge is -2.12. The summed E-state index contributed by atoms with van der Waals surface area (Å²) < 4.78 is 0. The Balaban J connectivity index is 2.20. The van der Waals surface area contributed by atoms with Gasteiger partial charge < -0.3 is 17.2 Å². The third kappa shape index (κ3) is 2.67. The fourth-order valence-corrected chi connectivity index (χ4v) is 2.42. The molecule has 0 fully saturated rings. The molecule has 104 valence electrons. The number of benzene rings is 3. The molecule has 0 bridgehead atoms. The topological polar surface area (TPSA) is 78.1 Å². The van der Waals surface area contributed by atoms with Gasteiger partial charge in [0.1, 0.15) is 0 Å². The van der Waals surface area contributed by atoms with Crippen molar-refractivity contribution in [2.45, 2.75) is 0 Å². The van der Waals surface area contributed by atoms with E-state index in [0.717, 1.165) is 39.3 Å². The molecule has 0 heterocycles. The van der Waals surface area contributed by atoms with Gasteiger partial charge >= 0.3 is 0 Å². The molecule has 3 rings (SSSR count). The van der Waals surface area contributed by atoms with Crippen molar-refractivity contribution in [3.05, 3.63) is 66.7 Å². The molecule has 0 atom stereocenters. The summed E-state index contributed by atoms with van der Waals surface area (Å²) in [6.45, 7) is 0. The SMILES string of the molecule is Nc1ccc(-c2ccc(N)cc2-c2cccc(N)c2)cc1. The first kappa shape index (κ1) is 13.1. The van der Waals surface area contributed by atoms with Gasteiger partial charge in [-0.05, 0) is 58.7 Å². The van der Waals surface area contributed by atoms with E-state index in [-0.39, 0.29) is 0 Å². The van der Waals surface area contributed by atoms with Crippen LogP contribution < -0.4 is 17.2 Å². The summed E-state index contributed by atoms with van der Waals surface area (Å²) in [6.07, 6.45) is 0. The summed E-state index contributed by atoms with van der Waals surface area (Å²) in [7, 11) is 0. The van der Waals surface area contributed by atoms with Crippen LogP contribution in [-0.4, -0.2) is 0 Å². The van der Waals surface area contributed by atoms with Gasteiger partial charge in [-0.1, -0.05) is 30.3 Å². The molecule has 0 amide bonds. The van der Waals surface area contributed by atoms with Crippen molar-refractivity contribution in [2.75, 3.05) is 17.2 Å². The Kier molecular flexibility index (Phi) is 3.24. The molecule has 0 saturated carbocycles. The molecule has 21 heavy (non-hydrogen) atoms. The molecule has 6 N–H and O–H groups in total. The third-order valence-corrected chi connectivity index (χ3v) is 3.46. The number of anilines is 3. The molecule has 0 aliphatic heterocycles. The van der Waals surface area contributed by atoms with Crippen molar-refractivity contribution in [3.8, 4) is 22.3 Å². The summed E-state index contributed by atoms with van der Waals surface area (Å²) in [5.74, 6) is 0. The van der Waals surface area contributed by atoms with E-state index in [2.05, 4.69) is 0 Å². The van der Waals surface area contributed by atoms with Gasteiger partial charge in [-0.15, -0.1) is 0 Å². The lowest BCUT2D eigenvalue weighted by atomic mass is 9.94. The third-order valence-electron chi connectivity index (χ3n) is 3.46. The largest absolute Gasteiger partial charge is 0.399 e. The molecular formula is C18H17N3. The Morgan fingerprint density at radius 1 is 0.476 bits per heavy atom. The standard InChI is InChI=1S/C18H17N3/c19-14-6-4-12(5-7-14)17-9-8-16(21)11-18(17)13-2-1-3-15(20)10-13/h1-11H,19-21H2. The zero-order valence-corrected chi connectivity index (χ0v) is 11.6. The van der Waals surface area contributed by atoms with Gasteiger partial charge in [-0.3, -0.25) is 0 Å². The maximum absolute atomic E-state index is 5.95. The highest BCUT2D eigenvalue weighted by atomic mass is 14.6. The van der Waals surface area contributed by atoms with Gasteiger partial charge in [0.05, 0.1) is 0 Å². The Bertz CT molecular complexity index is 777. The van der Waals surface area contributed by atoms with Crippen LogP contribution in [0.2, 0.25) is 0 Å². The summed E-state index contributed by atoms with van der Waals surface area (Å²) in [5.41, 5.74) is 24.1. The second-order valence-electron chi connectivity index (χ2n) is 5.05. The first-order chi connectivity index (χ1) is 10.1. The molecule has 0 aromatic heterocycles. The molecule has 0 aliphatic rings. The molecule has 3 heteroatoms. The van der Waals surface area contributed by atoms with Crippen LogP contribution in [0, 0.1) is 0 Å². The minimum Gasteiger partial charge on any atom is -0.399 e. The van der Waals surface area contributed by atoms with E-state index in [0.29, 0.717) is 0 Å². The van der Waals surface area contributed by atoms with Crippen LogP contribution in [0.5, 0.6) is 0 Å². The van der Waals surface area contributed by atoms with E-state index >= 15 is 0 Å². The maximum atomic E-state index is 5.95. The van der Waals surface area contributed by atoms with Crippen LogP contribution in [-0.2, 0) is 0 Å². The fourth-order valence-electron chi connectivity index (χ4n) is 2.42. The van der Waals surface area contributed by atoms with Crippen molar-refractivity contribution in [1.82, 2.24) is 0 Å². The van der Waals surface area contributed by atoms with Crippen molar-refractivity contribution in [3.63, 3.8) is 0 Å². The molecule has 0 saturated heterocycles. The normalized spacial score (nSPS) is 10.5. The Labute approximate surface area is 124 Å². The van der Waals surface area contributed by atoms with Gasteiger partial charge in [0.25, 0.3) is 0 Å². The summed E-state index contributed by atoms with van der Waals surface area (Å²) in [5, 5.41) is 0. The van der Waals surface area contributed by atoms with Crippen molar-refractivity contribution >= 4 is 17.1 Å². The highest BCUT2D eigenvalue weighted by molar-refractivity contribution is 5.86. The van der Waals surface area contributed by atoms with Crippen LogP contribution in [0.25, 0.3) is 22.3 Å². The Morgan fingerprint density at radius 3 is 1.86 bits per heavy atom. The number of hydrogen-bond donors (Lipinski definition) is 3. The van der Waals surface area contributed by atoms with Gasteiger partial charge in [0.15, 0.2) is 0 Å². The number of hydrogen-bond acceptors (Lipinski definition) is 3. The van der Waals surface area contributed by atoms with E-state index in [9.17, 15) is 0 Å². The van der Waals surface area contributed by atoms with Gasteiger partial charge in [-0.25, -0.2) is 0 Å². The molecule has 0 spiro atoms. The van der Waals surface area contributed by atoms with Gasteiger partial charge in [0.2, 0.25) is 0 Å². The molecule has 0 aliphatic carbocycles. The minimum absolute atomic E-state index is 0.728. The maximum Gasteiger partial charge on any atom is 0.0320 e. The molecule has 0 unspecified atom stereocenters. The zero-order chi connectivity index (χ0) is 14.8.